The van der Waals surface area contributed by atoms with Crippen LogP contribution in [0.2, 0.25) is 0 Å². The molecule has 30 heavy (non-hydrogen) atoms. The van der Waals surface area contributed by atoms with Gasteiger partial charge in [-0.25, -0.2) is 0 Å². The first-order valence-electron chi connectivity index (χ1n) is 9.97. The summed E-state index contributed by atoms with van der Waals surface area (Å²) in [6, 6.07) is 14.2. The van der Waals surface area contributed by atoms with Gasteiger partial charge in [0.05, 0.1) is 11.1 Å². The number of benzene rings is 2. The van der Waals surface area contributed by atoms with Gasteiger partial charge in [-0.15, -0.1) is 0 Å². The maximum Gasteiger partial charge on any atom is 0.258 e. The molecule has 7 heteroatoms. The third-order valence-electron chi connectivity index (χ3n) is 4.79. The number of amides is 2. The van der Waals surface area contributed by atoms with E-state index in [2.05, 4.69) is 20.8 Å². The molecule has 2 aromatic carbocycles. The van der Waals surface area contributed by atoms with Gasteiger partial charge in [-0.05, 0) is 43.2 Å². The van der Waals surface area contributed by atoms with Crippen LogP contribution in [0.25, 0.3) is 11.5 Å². The van der Waals surface area contributed by atoms with Crippen LogP contribution in [0.1, 0.15) is 60.2 Å². The van der Waals surface area contributed by atoms with Crippen molar-refractivity contribution in [2.24, 2.45) is 0 Å². The summed E-state index contributed by atoms with van der Waals surface area (Å²) in [5.41, 5.74) is 1.76. The Kier molecular flexibility index (Phi) is 5.11. The quantitative estimate of drug-likeness (QED) is 0.665. The number of rotatable bonds is 5. The van der Waals surface area contributed by atoms with Gasteiger partial charge in [0.2, 0.25) is 0 Å². The van der Waals surface area contributed by atoms with Gasteiger partial charge in [-0.1, -0.05) is 44.1 Å². The zero-order valence-electron chi connectivity index (χ0n) is 17.2. The number of carbonyl (C=O) groups excluding carboxylic acids is 2. The van der Waals surface area contributed by atoms with Gasteiger partial charge < -0.3 is 15.2 Å². The number of hydrogen-bond donors (Lipinski definition) is 2. The molecule has 7 nitrogen and oxygen atoms in total. The van der Waals surface area contributed by atoms with Gasteiger partial charge in [-0.2, -0.15) is 4.98 Å². The second-order valence-electron chi connectivity index (χ2n) is 8.50. The van der Waals surface area contributed by atoms with E-state index in [1.165, 1.54) is 0 Å². The average Bonchev–Trinajstić information content (AvgIpc) is 3.38. The fourth-order valence-corrected chi connectivity index (χ4v) is 2.94. The highest BCUT2D eigenvalue weighted by Gasteiger charge is 2.25. The summed E-state index contributed by atoms with van der Waals surface area (Å²) in [5.74, 6) is 0.417. The van der Waals surface area contributed by atoms with Gasteiger partial charge in [-0.3, -0.25) is 9.59 Å². The van der Waals surface area contributed by atoms with E-state index in [0.29, 0.717) is 34.1 Å². The van der Waals surface area contributed by atoms with Crippen LogP contribution in [0.4, 0.5) is 5.69 Å². The maximum atomic E-state index is 13.0. The molecule has 1 aliphatic carbocycles. The summed E-state index contributed by atoms with van der Waals surface area (Å²) in [7, 11) is 0. The first-order valence-corrected chi connectivity index (χ1v) is 9.97. The number of hydrogen-bond acceptors (Lipinski definition) is 5. The van der Waals surface area contributed by atoms with Crippen LogP contribution in [-0.4, -0.2) is 28.0 Å². The van der Waals surface area contributed by atoms with Crippen LogP contribution < -0.4 is 10.6 Å². The molecule has 2 amide bonds. The molecule has 1 fully saturated rings. The van der Waals surface area contributed by atoms with Gasteiger partial charge in [0.1, 0.15) is 0 Å². The molecular weight excluding hydrogens is 380 g/mol. The average molecular weight is 404 g/mol. The van der Waals surface area contributed by atoms with Crippen LogP contribution in [0.3, 0.4) is 0 Å². The predicted molar refractivity (Wildman–Crippen MR) is 113 cm³/mol. The van der Waals surface area contributed by atoms with Crippen LogP contribution in [0, 0.1) is 0 Å². The van der Waals surface area contributed by atoms with Crippen molar-refractivity contribution < 1.29 is 14.1 Å². The first kappa shape index (κ1) is 19.8. The van der Waals surface area contributed by atoms with Gasteiger partial charge >= 0.3 is 0 Å². The molecule has 1 heterocycles. The largest absolute Gasteiger partial charge is 0.349 e. The Labute approximate surface area is 174 Å². The summed E-state index contributed by atoms with van der Waals surface area (Å²) < 4.78 is 5.42. The second-order valence-corrected chi connectivity index (χ2v) is 8.50. The molecule has 0 spiro atoms. The van der Waals surface area contributed by atoms with E-state index in [4.69, 9.17) is 4.52 Å². The van der Waals surface area contributed by atoms with Crippen molar-refractivity contribution in [1.29, 1.82) is 0 Å². The molecule has 0 saturated heterocycles. The molecule has 0 atom stereocenters. The van der Waals surface area contributed by atoms with Crippen molar-refractivity contribution in [3.63, 3.8) is 0 Å². The van der Waals surface area contributed by atoms with E-state index in [1.54, 1.807) is 42.5 Å². The predicted octanol–water partition coefficient (Wildman–Crippen LogP) is 4.18. The van der Waals surface area contributed by atoms with Crippen molar-refractivity contribution >= 4 is 17.5 Å². The SMILES string of the molecule is CC(C)(C)c1noc(-c2ccccc2C(=O)Nc2cccc(C(=O)NC3CC3)c2)n1. The fourth-order valence-electron chi connectivity index (χ4n) is 2.94. The van der Waals surface area contributed by atoms with Crippen molar-refractivity contribution in [3.05, 3.63) is 65.5 Å². The molecule has 154 valence electrons. The molecule has 0 bridgehead atoms. The van der Waals surface area contributed by atoms with E-state index in [1.807, 2.05) is 26.8 Å². The highest BCUT2D eigenvalue weighted by molar-refractivity contribution is 6.08. The molecule has 1 saturated carbocycles. The Morgan fingerprint density at radius 2 is 1.80 bits per heavy atom. The van der Waals surface area contributed by atoms with Gasteiger partial charge in [0, 0.05) is 22.7 Å². The second kappa shape index (κ2) is 7.74. The monoisotopic (exact) mass is 404 g/mol. The lowest BCUT2D eigenvalue weighted by molar-refractivity contribution is 0.0949. The molecule has 3 aromatic rings. The van der Waals surface area contributed by atoms with E-state index in [-0.39, 0.29) is 23.3 Å². The van der Waals surface area contributed by atoms with Crippen molar-refractivity contribution in [2.75, 3.05) is 5.32 Å². The van der Waals surface area contributed by atoms with Crippen LogP contribution in [0.15, 0.2) is 53.1 Å². The van der Waals surface area contributed by atoms with Crippen LogP contribution >= 0.6 is 0 Å². The molecule has 0 radical (unpaired) electrons. The first-order chi connectivity index (χ1) is 14.3. The molecule has 0 unspecified atom stereocenters. The molecule has 2 N–H and O–H groups in total. The van der Waals surface area contributed by atoms with Gasteiger partial charge in [0.15, 0.2) is 5.82 Å². The van der Waals surface area contributed by atoms with E-state index < -0.39 is 0 Å². The summed E-state index contributed by atoms with van der Waals surface area (Å²) in [5, 5.41) is 9.85. The minimum absolute atomic E-state index is 0.130. The number of carbonyl (C=O) groups is 2. The lowest BCUT2D eigenvalue weighted by Crippen LogP contribution is -2.25. The number of anilines is 1. The Morgan fingerprint density at radius 3 is 2.50 bits per heavy atom. The molecule has 1 aromatic heterocycles. The van der Waals surface area contributed by atoms with Crippen LogP contribution in [0.5, 0.6) is 0 Å². The highest BCUT2D eigenvalue weighted by Crippen LogP contribution is 2.27. The van der Waals surface area contributed by atoms with Crippen molar-refractivity contribution in [3.8, 4) is 11.5 Å². The van der Waals surface area contributed by atoms with Gasteiger partial charge in [0.25, 0.3) is 17.7 Å². The van der Waals surface area contributed by atoms with Crippen molar-refractivity contribution in [2.45, 2.75) is 45.1 Å². The number of aromatic nitrogens is 2. The third-order valence-corrected chi connectivity index (χ3v) is 4.79. The molecule has 4 rings (SSSR count). The minimum atomic E-state index is -0.319. The normalized spacial score (nSPS) is 13.7. The lowest BCUT2D eigenvalue weighted by atomic mass is 9.96. The fraction of sp³-hybridized carbons (Fsp3) is 0.304. The Hall–Kier alpha value is -3.48. The minimum Gasteiger partial charge on any atom is -0.349 e. The number of nitrogens with zero attached hydrogens (tertiary/aromatic N) is 2. The van der Waals surface area contributed by atoms with E-state index in [9.17, 15) is 9.59 Å². The zero-order chi connectivity index (χ0) is 21.3. The molecular formula is C23H24N4O3. The topological polar surface area (TPSA) is 97.1 Å². The highest BCUT2D eigenvalue weighted by atomic mass is 16.5. The smallest absolute Gasteiger partial charge is 0.258 e. The Bertz CT molecular complexity index is 1090. The van der Waals surface area contributed by atoms with E-state index in [0.717, 1.165) is 12.8 Å². The molecule has 1 aliphatic rings. The summed E-state index contributed by atoms with van der Waals surface area (Å²) in [6.07, 6.45) is 2.04. The number of nitrogens with one attached hydrogen (secondary N) is 2. The van der Waals surface area contributed by atoms with E-state index >= 15 is 0 Å². The summed E-state index contributed by atoms with van der Waals surface area (Å²) in [6.45, 7) is 5.98. The summed E-state index contributed by atoms with van der Waals surface area (Å²) in [4.78, 5) is 29.7. The Balaban J connectivity index is 1.56. The maximum absolute atomic E-state index is 13.0. The standard InChI is InChI=1S/C23H24N4O3/c1-23(2,3)22-26-21(30-27-22)18-10-5-4-9-17(18)20(29)25-16-8-6-7-14(13-16)19(28)24-15-11-12-15/h4-10,13,15H,11-12H2,1-3H3,(H,24,28)(H,25,29). The lowest BCUT2D eigenvalue weighted by Gasteiger charge is -2.11. The summed E-state index contributed by atoms with van der Waals surface area (Å²) >= 11 is 0. The van der Waals surface area contributed by atoms with Crippen molar-refractivity contribution in [1.82, 2.24) is 15.5 Å². The van der Waals surface area contributed by atoms with Crippen LogP contribution in [-0.2, 0) is 5.41 Å². The zero-order valence-corrected chi connectivity index (χ0v) is 17.2. The Morgan fingerprint density at radius 1 is 1.03 bits per heavy atom. The third kappa shape index (κ3) is 4.40. The molecule has 0 aliphatic heterocycles.